The summed E-state index contributed by atoms with van der Waals surface area (Å²) in [6.07, 6.45) is 1.74. The van der Waals surface area contributed by atoms with Crippen LogP contribution in [0.3, 0.4) is 0 Å². The lowest BCUT2D eigenvalue weighted by Crippen LogP contribution is -2.13. The van der Waals surface area contributed by atoms with Gasteiger partial charge in [-0.3, -0.25) is 4.98 Å². The molecule has 0 aliphatic heterocycles. The molecule has 0 radical (unpaired) electrons. The van der Waals surface area contributed by atoms with Crippen LogP contribution in [0, 0.1) is 6.92 Å². The van der Waals surface area contributed by atoms with E-state index in [0.717, 1.165) is 27.8 Å². The number of aromatic nitrogens is 3. The van der Waals surface area contributed by atoms with E-state index in [1.54, 1.807) is 23.0 Å². The zero-order chi connectivity index (χ0) is 21.5. The molecule has 0 aliphatic rings. The highest BCUT2D eigenvalue weighted by Gasteiger charge is 2.21. The zero-order valence-electron chi connectivity index (χ0n) is 17.6. The van der Waals surface area contributed by atoms with E-state index < -0.39 is 9.84 Å². The highest BCUT2D eigenvalue weighted by molar-refractivity contribution is 7.90. The van der Waals surface area contributed by atoms with E-state index >= 15 is 0 Å². The first-order valence-electron chi connectivity index (χ1n) is 9.88. The molecule has 2 heterocycles. The molecular weight excluding hydrogens is 394 g/mol. The van der Waals surface area contributed by atoms with Gasteiger partial charge in [0.25, 0.3) is 0 Å². The third-order valence-corrected chi connectivity index (χ3v) is 6.84. The van der Waals surface area contributed by atoms with Crippen LogP contribution in [0.4, 0.5) is 0 Å². The highest BCUT2D eigenvalue weighted by Crippen LogP contribution is 2.27. The van der Waals surface area contributed by atoms with Crippen LogP contribution in [0.1, 0.15) is 37.7 Å². The summed E-state index contributed by atoms with van der Waals surface area (Å²) in [5.74, 6) is -0.126. The monoisotopic (exact) mass is 419 g/mol. The topological polar surface area (TPSA) is 64.8 Å². The fraction of sp³-hybridized carbons (Fsp3) is 0.250. The molecule has 0 saturated heterocycles. The van der Waals surface area contributed by atoms with Gasteiger partial charge in [-0.25, -0.2) is 13.1 Å². The van der Waals surface area contributed by atoms with Crippen molar-refractivity contribution in [2.24, 2.45) is 0 Å². The molecule has 0 saturated carbocycles. The summed E-state index contributed by atoms with van der Waals surface area (Å²) in [7, 11) is -3.52. The Balaban J connectivity index is 1.74. The first-order chi connectivity index (χ1) is 14.1. The molecule has 5 nitrogen and oxygen atoms in total. The lowest BCUT2D eigenvalue weighted by atomic mass is 9.87. The van der Waals surface area contributed by atoms with Crippen molar-refractivity contribution in [3.05, 3.63) is 83.8 Å². The Labute approximate surface area is 177 Å². The van der Waals surface area contributed by atoms with E-state index in [0.29, 0.717) is 10.6 Å². The summed E-state index contributed by atoms with van der Waals surface area (Å²) < 4.78 is 28.1. The number of nitrogens with zero attached hydrogens (tertiary/aromatic N) is 3. The summed E-state index contributed by atoms with van der Waals surface area (Å²) in [6, 6.07) is 18.6. The Morgan fingerprint density at radius 1 is 0.967 bits per heavy atom. The summed E-state index contributed by atoms with van der Waals surface area (Å²) in [4.78, 5) is 4.71. The van der Waals surface area contributed by atoms with Gasteiger partial charge >= 0.3 is 0 Å². The zero-order valence-corrected chi connectivity index (χ0v) is 18.4. The van der Waals surface area contributed by atoms with Crippen molar-refractivity contribution in [3.63, 3.8) is 0 Å². The number of aryl methyl sites for hydroxylation is 1. The molecule has 0 spiro atoms. The Bertz CT molecular complexity index is 1310. The predicted molar refractivity (Wildman–Crippen MR) is 120 cm³/mol. The number of fused-ring (bicyclic) bond motifs is 1. The molecule has 30 heavy (non-hydrogen) atoms. The van der Waals surface area contributed by atoms with Gasteiger partial charge in [0.1, 0.15) is 0 Å². The van der Waals surface area contributed by atoms with E-state index in [9.17, 15) is 8.42 Å². The average Bonchev–Trinajstić information content (AvgIpc) is 3.06. The van der Waals surface area contributed by atoms with Gasteiger partial charge in [-0.2, -0.15) is 5.10 Å². The van der Waals surface area contributed by atoms with Crippen LogP contribution in [0.15, 0.2) is 71.8 Å². The number of rotatable bonds is 4. The molecule has 4 aromatic rings. The van der Waals surface area contributed by atoms with E-state index in [2.05, 4.69) is 30.9 Å². The molecule has 0 atom stereocenters. The summed E-state index contributed by atoms with van der Waals surface area (Å²) in [5.41, 5.74) is 4.13. The van der Waals surface area contributed by atoms with E-state index in [4.69, 9.17) is 0 Å². The molecule has 0 amide bonds. The lowest BCUT2D eigenvalue weighted by molar-refractivity contribution is 0.585. The number of pyridine rings is 1. The second-order valence-corrected chi connectivity index (χ2v) is 10.6. The second-order valence-electron chi connectivity index (χ2n) is 8.57. The van der Waals surface area contributed by atoms with Crippen molar-refractivity contribution in [1.82, 2.24) is 14.8 Å². The third kappa shape index (κ3) is 3.87. The van der Waals surface area contributed by atoms with Crippen molar-refractivity contribution in [2.45, 2.75) is 43.8 Å². The highest BCUT2D eigenvalue weighted by atomic mass is 32.2. The number of sulfone groups is 1. The van der Waals surface area contributed by atoms with E-state index in [1.165, 1.54) is 0 Å². The minimum absolute atomic E-state index is 0.0274. The van der Waals surface area contributed by atoms with Gasteiger partial charge in [-0.05, 0) is 60.4 Å². The molecule has 2 aromatic carbocycles. The van der Waals surface area contributed by atoms with Gasteiger partial charge in [0, 0.05) is 11.6 Å². The molecule has 0 unspecified atom stereocenters. The van der Waals surface area contributed by atoms with Gasteiger partial charge in [-0.15, -0.1) is 0 Å². The van der Waals surface area contributed by atoms with Crippen LogP contribution < -0.4 is 0 Å². The normalized spacial score (nSPS) is 12.4. The predicted octanol–water partition coefficient (Wildman–Crippen LogP) is 5.00. The Kier molecular flexibility index (Phi) is 4.98. The smallest absolute Gasteiger partial charge is 0.184 e. The lowest BCUT2D eigenvalue weighted by Gasteiger charge is -2.19. The first kappa shape index (κ1) is 20.3. The van der Waals surface area contributed by atoms with Crippen LogP contribution in [-0.2, 0) is 21.0 Å². The summed E-state index contributed by atoms with van der Waals surface area (Å²) >= 11 is 0. The molecule has 4 rings (SSSR count). The first-order valence-corrected chi connectivity index (χ1v) is 11.5. The minimum atomic E-state index is -3.52. The fourth-order valence-corrected chi connectivity index (χ4v) is 4.89. The molecular formula is C24H25N3O2S. The van der Waals surface area contributed by atoms with Gasteiger partial charge in [-0.1, -0.05) is 39.0 Å². The molecule has 154 valence electrons. The van der Waals surface area contributed by atoms with Gasteiger partial charge in [0.15, 0.2) is 9.84 Å². The molecule has 0 bridgehead atoms. The van der Waals surface area contributed by atoms with Crippen LogP contribution in [0.25, 0.3) is 16.6 Å². The van der Waals surface area contributed by atoms with Crippen molar-refractivity contribution in [1.29, 1.82) is 0 Å². The Hall–Kier alpha value is -2.99. The van der Waals surface area contributed by atoms with Crippen LogP contribution in [-0.4, -0.2) is 23.2 Å². The summed E-state index contributed by atoms with van der Waals surface area (Å²) in [6.45, 7) is 8.19. The van der Waals surface area contributed by atoms with Gasteiger partial charge in [0.2, 0.25) is 0 Å². The number of hydrogen-bond acceptors (Lipinski definition) is 4. The minimum Gasteiger partial charge on any atom is -0.256 e. The second kappa shape index (κ2) is 7.36. The van der Waals surface area contributed by atoms with Crippen molar-refractivity contribution in [2.75, 3.05) is 0 Å². The molecule has 6 heteroatoms. The third-order valence-electron chi connectivity index (χ3n) is 5.17. The SMILES string of the molecule is Cc1cc(CS(=O)(=O)c2ccc(C(C)(C)C)cc2)n(-c2cccc3ncccc23)n1. The molecule has 0 aliphatic carbocycles. The maximum absolute atomic E-state index is 13.2. The average molecular weight is 420 g/mol. The Morgan fingerprint density at radius 2 is 1.70 bits per heavy atom. The standard InChI is InChI=1S/C24H25N3O2S/c1-17-15-19(16-30(28,29)20-12-10-18(11-13-20)24(2,3)4)27(26-17)23-9-5-8-22-21(23)7-6-14-25-22/h5-15H,16H2,1-4H3. The number of benzene rings is 2. The van der Waals surface area contributed by atoms with E-state index in [-0.39, 0.29) is 11.2 Å². The van der Waals surface area contributed by atoms with Gasteiger partial charge < -0.3 is 0 Å². The van der Waals surface area contributed by atoms with E-state index in [1.807, 2.05) is 55.5 Å². The van der Waals surface area contributed by atoms with Crippen LogP contribution >= 0.6 is 0 Å². The van der Waals surface area contributed by atoms with Crippen molar-refractivity contribution in [3.8, 4) is 5.69 Å². The maximum Gasteiger partial charge on any atom is 0.184 e. The van der Waals surface area contributed by atoms with Crippen LogP contribution in [0.2, 0.25) is 0 Å². The molecule has 0 N–H and O–H groups in total. The van der Waals surface area contributed by atoms with Crippen LogP contribution in [0.5, 0.6) is 0 Å². The Morgan fingerprint density at radius 3 is 2.40 bits per heavy atom. The maximum atomic E-state index is 13.2. The fourth-order valence-electron chi connectivity index (χ4n) is 3.58. The van der Waals surface area contributed by atoms with Crippen molar-refractivity contribution < 1.29 is 8.42 Å². The number of hydrogen-bond donors (Lipinski definition) is 0. The van der Waals surface area contributed by atoms with Gasteiger partial charge in [0.05, 0.1) is 33.2 Å². The molecule has 2 aromatic heterocycles. The quantitative estimate of drug-likeness (QED) is 0.467. The largest absolute Gasteiger partial charge is 0.256 e. The summed E-state index contributed by atoms with van der Waals surface area (Å²) in [5, 5.41) is 5.51. The van der Waals surface area contributed by atoms with Crippen molar-refractivity contribution >= 4 is 20.7 Å². The molecule has 0 fully saturated rings.